The Morgan fingerprint density at radius 3 is 2.56 bits per heavy atom. The fourth-order valence-corrected chi connectivity index (χ4v) is 4.98. The Bertz CT molecular complexity index is 1100. The Morgan fingerprint density at radius 1 is 0.969 bits per heavy atom. The number of pyridine rings is 1. The minimum Gasteiger partial charge on any atom is -0.370 e. The van der Waals surface area contributed by atoms with Crippen LogP contribution in [0.5, 0.6) is 0 Å². The molecule has 0 amide bonds. The lowest BCUT2D eigenvalue weighted by molar-refractivity contribution is -0.0327. The van der Waals surface area contributed by atoms with Gasteiger partial charge in [0.05, 0.1) is 23.3 Å². The molecule has 2 aromatic carbocycles. The van der Waals surface area contributed by atoms with Crippen LogP contribution in [0, 0.1) is 11.3 Å². The molecule has 0 radical (unpaired) electrons. The zero-order valence-electron chi connectivity index (χ0n) is 18.5. The summed E-state index contributed by atoms with van der Waals surface area (Å²) in [5.74, 6) is 0. The van der Waals surface area contributed by atoms with Crippen LogP contribution in [0.15, 0.2) is 60.8 Å². The van der Waals surface area contributed by atoms with Crippen molar-refractivity contribution in [1.29, 1.82) is 5.26 Å². The Morgan fingerprint density at radius 2 is 1.78 bits per heavy atom. The SMILES string of the molecule is C[C@@H]1CN(c2ccc(C#N)c3ncccc23)C[C@H](CN2CCN(c3ccccc3)CC2)O1. The average molecular weight is 428 g/mol. The number of aromatic nitrogens is 1. The van der Waals surface area contributed by atoms with Gasteiger partial charge in [0, 0.05) is 68.8 Å². The number of morpholine rings is 1. The summed E-state index contributed by atoms with van der Waals surface area (Å²) in [5, 5.41) is 10.5. The number of para-hydroxylation sites is 1. The molecule has 2 saturated heterocycles. The van der Waals surface area contributed by atoms with Crippen molar-refractivity contribution in [2.24, 2.45) is 0 Å². The molecule has 3 aromatic rings. The van der Waals surface area contributed by atoms with Gasteiger partial charge in [-0.05, 0) is 43.3 Å². The van der Waals surface area contributed by atoms with E-state index in [0.29, 0.717) is 5.56 Å². The lowest BCUT2D eigenvalue weighted by Crippen LogP contribution is -2.54. The topological polar surface area (TPSA) is 55.6 Å². The quantitative estimate of drug-likeness (QED) is 0.635. The van der Waals surface area contributed by atoms with Gasteiger partial charge in [-0.25, -0.2) is 0 Å². The fourth-order valence-electron chi connectivity index (χ4n) is 4.98. The van der Waals surface area contributed by atoms with Crippen molar-refractivity contribution in [3.63, 3.8) is 0 Å². The lowest BCUT2D eigenvalue weighted by atomic mass is 10.1. The van der Waals surface area contributed by atoms with Gasteiger partial charge >= 0.3 is 0 Å². The maximum atomic E-state index is 9.46. The van der Waals surface area contributed by atoms with Crippen molar-refractivity contribution in [2.45, 2.75) is 19.1 Å². The second-order valence-electron chi connectivity index (χ2n) is 8.74. The first-order chi connectivity index (χ1) is 15.7. The molecule has 0 unspecified atom stereocenters. The van der Waals surface area contributed by atoms with E-state index in [1.807, 2.05) is 12.1 Å². The molecule has 1 aromatic heterocycles. The van der Waals surface area contributed by atoms with Crippen LogP contribution >= 0.6 is 0 Å². The summed E-state index contributed by atoms with van der Waals surface area (Å²) in [5.41, 5.74) is 3.85. The number of fused-ring (bicyclic) bond motifs is 1. The smallest absolute Gasteiger partial charge is 0.101 e. The van der Waals surface area contributed by atoms with Gasteiger partial charge < -0.3 is 14.5 Å². The first-order valence-corrected chi connectivity index (χ1v) is 11.4. The molecular formula is C26H29N5O. The van der Waals surface area contributed by atoms with Gasteiger partial charge in [0.1, 0.15) is 6.07 Å². The number of nitriles is 1. The molecule has 3 heterocycles. The molecule has 32 heavy (non-hydrogen) atoms. The van der Waals surface area contributed by atoms with Gasteiger partial charge in [-0.1, -0.05) is 18.2 Å². The zero-order valence-corrected chi connectivity index (χ0v) is 18.5. The van der Waals surface area contributed by atoms with E-state index in [2.05, 4.69) is 75.1 Å². The number of nitrogens with zero attached hydrogens (tertiary/aromatic N) is 5. The first-order valence-electron chi connectivity index (χ1n) is 11.4. The summed E-state index contributed by atoms with van der Waals surface area (Å²) in [6, 6.07) is 20.9. The third kappa shape index (κ3) is 4.27. The highest BCUT2D eigenvalue weighted by molar-refractivity contribution is 5.95. The summed E-state index contributed by atoms with van der Waals surface area (Å²) >= 11 is 0. The number of anilines is 2. The van der Waals surface area contributed by atoms with Gasteiger partial charge in [-0.3, -0.25) is 9.88 Å². The minimum absolute atomic E-state index is 0.154. The van der Waals surface area contributed by atoms with Gasteiger partial charge in [0.2, 0.25) is 0 Å². The summed E-state index contributed by atoms with van der Waals surface area (Å²) < 4.78 is 6.34. The fraction of sp³-hybridized carbons (Fsp3) is 0.385. The van der Waals surface area contributed by atoms with Crippen LogP contribution < -0.4 is 9.80 Å². The van der Waals surface area contributed by atoms with Crippen molar-refractivity contribution in [2.75, 3.05) is 55.6 Å². The molecule has 2 aliphatic rings. The van der Waals surface area contributed by atoms with E-state index in [4.69, 9.17) is 4.74 Å². The molecule has 2 fully saturated rings. The maximum Gasteiger partial charge on any atom is 0.101 e. The van der Waals surface area contributed by atoms with Gasteiger partial charge in [-0.2, -0.15) is 5.26 Å². The third-order valence-corrected chi connectivity index (χ3v) is 6.49. The second-order valence-corrected chi connectivity index (χ2v) is 8.74. The van der Waals surface area contributed by atoms with Crippen LogP contribution in [-0.2, 0) is 4.74 Å². The van der Waals surface area contributed by atoms with Crippen molar-refractivity contribution in [3.05, 3.63) is 66.4 Å². The van der Waals surface area contributed by atoms with Gasteiger partial charge in [0.15, 0.2) is 0 Å². The molecule has 0 saturated carbocycles. The van der Waals surface area contributed by atoms with E-state index >= 15 is 0 Å². The highest BCUT2D eigenvalue weighted by Crippen LogP contribution is 2.30. The molecule has 0 N–H and O–H groups in total. The monoisotopic (exact) mass is 427 g/mol. The lowest BCUT2D eigenvalue weighted by Gasteiger charge is -2.42. The van der Waals surface area contributed by atoms with Crippen LogP contribution in [-0.4, -0.2) is 67.9 Å². The van der Waals surface area contributed by atoms with E-state index < -0.39 is 0 Å². The van der Waals surface area contributed by atoms with E-state index in [1.165, 1.54) is 5.69 Å². The van der Waals surface area contributed by atoms with E-state index in [9.17, 15) is 5.26 Å². The summed E-state index contributed by atoms with van der Waals surface area (Å²) in [6.45, 7) is 8.96. The molecule has 5 rings (SSSR count). The number of benzene rings is 2. The highest BCUT2D eigenvalue weighted by atomic mass is 16.5. The molecule has 2 atom stereocenters. The second kappa shape index (κ2) is 9.15. The molecule has 0 bridgehead atoms. The molecule has 6 nitrogen and oxygen atoms in total. The van der Waals surface area contributed by atoms with Crippen molar-refractivity contribution in [1.82, 2.24) is 9.88 Å². The zero-order chi connectivity index (χ0) is 21.9. The normalized spacial score (nSPS) is 22.1. The van der Waals surface area contributed by atoms with E-state index in [0.717, 1.165) is 62.4 Å². The molecular weight excluding hydrogens is 398 g/mol. The molecule has 6 heteroatoms. The number of piperazine rings is 1. The Balaban J connectivity index is 1.27. The molecule has 0 aliphatic carbocycles. The predicted molar refractivity (Wildman–Crippen MR) is 128 cm³/mol. The number of ether oxygens (including phenoxy) is 1. The third-order valence-electron chi connectivity index (χ3n) is 6.49. The summed E-state index contributed by atoms with van der Waals surface area (Å²) in [7, 11) is 0. The van der Waals surface area contributed by atoms with Crippen LogP contribution in [0.2, 0.25) is 0 Å². The number of hydrogen-bond donors (Lipinski definition) is 0. The van der Waals surface area contributed by atoms with Crippen molar-refractivity contribution < 1.29 is 4.74 Å². The standard InChI is InChI=1S/C26H29N5O/c1-20-17-31(25-10-9-21(16-27)26-24(25)8-5-11-28-26)19-23(32-20)18-29-12-14-30(15-13-29)22-6-3-2-4-7-22/h2-11,20,23H,12-15,17-19H2,1H3/t20-,23+/m1/s1. The van der Waals surface area contributed by atoms with E-state index in [1.54, 1.807) is 6.20 Å². The highest BCUT2D eigenvalue weighted by Gasteiger charge is 2.29. The van der Waals surface area contributed by atoms with Crippen molar-refractivity contribution in [3.8, 4) is 6.07 Å². The summed E-state index contributed by atoms with van der Waals surface area (Å²) in [4.78, 5) is 11.9. The molecule has 0 spiro atoms. The van der Waals surface area contributed by atoms with Crippen molar-refractivity contribution >= 4 is 22.3 Å². The van der Waals surface area contributed by atoms with Gasteiger partial charge in [0.25, 0.3) is 0 Å². The Labute approximate surface area is 189 Å². The predicted octanol–water partition coefficient (Wildman–Crippen LogP) is 3.52. The Hall–Kier alpha value is -3.14. The largest absolute Gasteiger partial charge is 0.370 e. The first kappa shape index (κ1) is 20.7. The summed E-state index contributed by atoms with van der Waals surface area (Å²) in [6.07, 6.45) is 2.07. The van der Waals surface area contributed by atoms with Crippen LogP contribution in [0.1, 0.15) is 12.5 Å². The number of rotatable bonds is 4. The van der Waals surface area contributed by atoms with Crippen LogP contribution in [0.4, 0.5) is 11.4 Å². The van der Waals surface area contributed by atoms with Gasteiger partial charge in [-0.15, -0.1) is 0 Å². The van der Waals surface area contributed by atoms with Crippen LogP contribution in [0.3, 0.4) is 0 Å². The Kier molecular flexibility index (Phi) is 5.93. The van der Waals surface area contributed by atoms with E-state index in [-0.39, 0.29) is 12.2 Å². The molecule has 2 aliphatic heterocycles. The average Bonchev–Trinajstić information content (AvgIpc) is 2.84. The minimum atomic E-state index is 0.154. The maximum absolute atomic E-state index is 9.46. The van der Waals surface area contributed by atoms with Crippen LogP contribution in [0.25, 0.3) is 10.9 Å². The number of hydrogen-bond acceptors (Lipinski definition) is 6. The molecule has 164 valence electrons.